The Balaban J connectivity index is 1.56. The maximum absolute atomic E-state index is 13.0. The quantitative estimate of drug-likeness (QED) is 0.808. The van der Waals surface area contributed by atoms with Crippen LogP contribution < -0.4 is 0 Å². The smallest absolute Gasteiger partial charge is 0.273 e. The Hall–Kier alpha value is -1.68. The lowest BCUT2D eigenvalue weighted by molar-refractivity contribution is 0.0386. The molecule has 4 heteroatoms. The number of rotatable bonds is 2. The summed E-state index contributed by atoms with van der Waals surface area (Å²) in [5.74, 6) is 0.855. The molecular formula is C19H22N2OS. The van der Waals surface area contributed by atoms with Crippen LogP contribution in [0.1, 0.15) is 49.0 Å². The molecule has 3 nitrogen and oxygen atoms in total. The number of carbonyl (C=O) groups excluding carboxylic acids is 1. The van der Waals surface area contributed by atoms with Gasteiger partial charge in [0.2, 0.25) is 0 Å². The third-order valence-electron chi connectivity index (χ3n) is 5.25. The van der Waals surface area contributed by atoms with Crippen molar-refractivity contribution in [2.75, 3.05) is 6.54 Å². The van der Waals surface area contributed by atoms with E-state index in [2.05, 4.69) is 9.88 Å². The first-order valence-electron chi connectivity index (χ1n) is 8.65. The van der Waals surface area contributed by atoms with Crippen LogP contribution in [-0.2, 0) is 0 Å². The van der Waals surface area contributed by atoms with E-state index in [9.17, 15) is 4.79 Å². The van der Waals surface area contributed by atoms with Crippen molar-refractivity contribution in [1.82, 2.24) is 9.88 Å². The number of thiazole rings is 1. The van der Waals surface area contributed by atoms with Crippen molar-refractivity contribution < 1.29 is 4.79 Å². The second kappa shape index (κ2) is 6.44. The first kappa shape index (κ1) is 14.9. The zero-order valence-corrected chi connectivity index (χ0v) is 14.1. The van der Waals surface area contributed by atoms with E-state index in [1.54, 1.807) is 11.3 Å². The number of hydrogen-bond donors (Lipinski definition) is 0. The first-order valence-corrected chi connectivity index (χ1v) is 9.53. The molecule has 23 heavy (non-hydrogen) atoms. The fraction of sp³-hybridized carbons (Fsp3) is 0.474. The summed E-state index contributed by atoms with van der Waals surface area (Å²) in [5.41, 5.74) is 1.71. The fourth-order valence-corrected chi connectivity index (χ4v) is 4.91. The van der Waals surface area contributed by atoms with Gasteiger partial charge in [-0.3, -0.25) is 4.79 Å². The predicted molar refractivity (Wildman–Crippen MR) is 93.6 cm³/mol. The van der Waals surface area contributed by atoms with E-state index < -0.39 is 0 Å². The van der Waals surface area contributed by atoms with Crippen molar-refractivity contribution in [3.05, 3.63) is 41.4 Å². The van der Waals surface area contributed by atoms with Gasteiger partial charge in [-0.25, -0.2) is 4.98 Å². The Labute approximate surface area is 141 Å². The van der Waals surface area contributed by atoms with Crippen molar-refractivity contribution in [2.24, 2.45) is 5.92 Å². The second-order valence-electron chi connectivity index (χ2n) is 6.66. The molecule has 4 rings (SSSR count). The summed E-state index contributed by atoms with van der Waals surface area (Å²) in [5, 5.41) is 2.86. The van der Waals surface area contributed by atoms with Gasteiger partial charge < -0.3 is 4.90 Å². The van der Waals surface area contributed by atoms with Gasteiger partial charge in [0.1, 0.15) is 10.7 Å². The molecule has 2 unspecified atom stereocenters. The van der Waals surface area contributed by atoms with Crippen LogP contribution in [0.5, 0.6) is 0 Å². The highest BCUT2D eigenvalue weighted by Gasteiger charge is 2.36. The summed E-state index contributed by atoms with van der Waals surface area (Å²) >= 11 is 1.57. The summed E-state index contributed by atoms with van der Waals surface area (Å²) in [7, 11) is 0. The van der Waals surface area contributed by atoms with E-state index in [1.165, 1.54) is 32.1 Å². The van der Waals surface area contributed by atoms with E-state index >= 15 is 0 Å². The van der Waals surface area contributed by atoms with Crippen LogP contribution in [0, 0.1) is 5.92 Å². The van der Waals surface area contributed by atoms with Gasteiger partial charge in [-0.05, 0) is 31.6 Å². The van der Waals surface area contributed by atoms with Crippen molar-refractivity contribution in [1.29, 1.82) is 0 Å². The number of nitrogens with zero attached hydrogens (tertiary/aromatic N) is 2. The lowest BCUT2D eigenvalue weighted by atomic mass is 9.78. The third-order valence-corrected chi connectivity index (χ3v) is 6.14. The number of hydrogen-bond acceptors (Lipinski definition) is 3. The van der Waals surface area contributed by atoms with Crippen LogP contribution in [-0.4, -0.2) is 28.4 Å². The molecule has 0 spiro atoms. The molecule has 1 saturated carbocycles. The van der Waals surface area contributed by atoms with Gasteiger partial charge in [0.15, 0.2) is 0 Å². The van der Waals surface area contributed by atoms with Crippen LogP contribution >= 0.6 is 11.3 Å². The molecule has 1 aromatic carbocycles. The average Bonchev–Trinajstić information content (AvgIpc) is 3.11. The number of fused-ring (bicyclic) bond motifs is 1. The van der Waals surface area contributed by atoms with Crippen molar-refractivity contribution in [3.8, 4) is 10.6 Å². The van der Waals surface area contributed by atoms with E-state index in [-0.39, 0.29) is 5.91 Å². The predicted octanol–water partition coefficient (Wildman–Crippen LogP) is 4.60. The van der Waals surface area contributed by atoms with E-state index in [4.69, 9.17) is 0 Å². The Morgan fingerprint density at radius 2 is 1.87 bits per heavy atom. The summed E-state index contributed by atoms with van der Waals surface area (Å²) in [6.45, 7) is 0.901. The lowest BCUT2D eigenvalue weighted by Gasteiger charge is -2.43. The Morgan fingerprint density at radius 3 is 2.74 bits per heavy atom. The molecule has 1 aliphatic heterocycles. The molecule has 0 bridgehead atoms. The van der Waals surface area contributed by atoms with Crippen LogP contribution in [0.15, 0.2) is 35.7 Å². The van der Waals surface area contributed by atoms with Crippen molar-refractivity contribution in [3.63, 3.8) is 0 Å². The van der Waals surface area contributed by atoms with Gasteiger partial charge in [0.25, 0.3) is 5.91 Å². The maximum Gasteiger partial charge on any atom is 0.273 e. The summed E-state index contributed by atoms with van der Waals surface area (Å²) in [6.07, 6.45) is 7.49. The average molecular weight is 326 g/mol. The van der Waals surface area contributed by atoms with Crippen LogP contribution in [0.25, 0.3) is 10.6 Å². The standard InChI is InChI=1S/C19H22N2OS/c22-19(21-12-6-10-14-7-4-5-11-17(14)21)16-13-23-18(20-16)15-8-2-1-3-9-15/h1-3,8-9,13-14,17H,4-7,10-12H2. The lowest BCUT2D eigenvalue weighted by Crippen LogP contribution is -2.49. The summed E-state index contributed by atoms with van der Waals surface area (Å²) < 4.78 is 0. The minimum absolute atomic E-state index is 0.139. The van der Waals surface area contributed by atoms with Gasteiger partial charge in [0.05, 0.1) is 0 Å². The zero-order chi connectivity index (χ0) is 15.6. The molecule has 1 saturated heterocycles. The number of carbonyl (C=O) groups is 1. The van der Waals surface area contributed by atoms with Crippen LogP contribution in [0.4, 0.5) is 0 Å². The number of aromatic nitrogens is 1. The molecule has 1 aliphatic carbocycles. The topological polar surface area (TPSA) is 33.2 Å². The molecule has 2 atom stereocenters. The minimum Gasteiger partial charge on any atom is -0.334 e. The monoisotopic (exact) mass is 326 g/mol. The minimum atomic E-state index is 0.139. The van der Waals surface area contributed by atoms with E-state index in [0.29, 0.717) is 17.7 Å². The van der Waals surface area contributed by atoms with Gasteiger partial charge in [-0.15, -0.1) is 11.3 Å². The summed E-state index contributed by atoms with van der Waals surface area (Å²) in [4.78, 5) is 19.7. The van der Waals surface area contributed by atoms with E-state index in [0.717, 1.165) is 23.5 Å². The molecule has 2 fully saturated rings. The molecule has 1 aromatic heterocycles. The second-order valence-corrected chi connectivity index (χ2v) is 7.51. The zero-order valence-electron chi connectivity index (χ0n) is 13.3. The number of amides is 1. The normalized spacial score (nSPS) is 24.3. The third kappa shape index (κ3) is 2.92. The molecule has 0 radical (unpaired) electrons. The van der Waals surface area contributed by atoms with Crippen LogP contribution in [0.3, 0.4) is 0 Å². The highest BCUT2D eigenvalue weighted by atomic mass is 32.1. The first-order chi connectivity index (χ1) is 11.3. The molecule has 1 amide bonds. The number of benzene rings is 1. The largest absolute Gasteiger partial charge is 0.334 e. The Kier molecular flexibility index (Phi) is 4.17. The van der Waals surface area contributed by atoms with Gasteiger partial charge in [-0.2, -0.15) is 0 Å². The van der Waals surface area contributed by atoms with Crippen molar-refractivity contribution in [2.45, 2.75) is 44.6 Å². The van der Waals surface area contributed by atoms with Gasteiger partial charge >= 0.3 is 0 Å². The number of likely N-dealkylation sites (tertiary alicyclic amines) is 1. The highest BCUT2D eigenvalue weighted by Crippen LogP contribution is 2.36. The van der Waals surface area contributed by atoms with Crippen molar-refractivity contribution >= 4 is 17.2 Å². The fourth-order valence-electron chi connectivity index (χ4n) is 4.11. The molecule has 120 valence electrons. The molecule has 2 heterocycles. The van der Waals surface area contributed by atoms with Gasteiger partial charge in [-0.1, -0.05) is 43.2 Å². The highest BCUT2D eigenvalue weighted by molar-refractivity contribution is 7.13. The molecule has 2 aromatic rings. The Bertz CT molecular complexity index is 680. The molecule has 0 N–H and O–H groups in total. The van der Waals surface area contributed by atoms with E-state index in [1.807, 2.05) is 35.7 Å². The SMILES string of the molecule is O=C(c1csc(-c2ccccc2)n1)N1CCCC2CCCCC21. The Morgan fingerprint density at radius 1 is 1.09 bits per heavy atom. The van der Waals surface area contributed by atoms with Gasteiger partial charge in [0, 0.05) is 23.5 Å². The summed E-state index contributed by atoms with van der Waals surface area (Å²) in [6, 6.07) is 10.6. The van der Waals surface area contributed by atoms with Crippen LogP contribution in [0.2, 0.25) is 0 Å². The number of piperidine rings is 1. The molecule has 2 aliphatic rings. The maximum atomic E-state index is 13.0. The molecular weight excluding hydrogens is 304 g/mol.